The monoisotopic (exact) mass is 330 g/mol. The predicted octanol–water partition coefficient (Wildman–Crippen LogP) is 5.54. The molecule has 4 rings (SSSR count). The van der Waals surface area contributed by atoms with E-state index in [2.05, 4.69) is 23.5 Å². The molecule has 2 aromatic carbocycles. The zero-order valence-electron chi connectivity index (χ0n) is 12.0. The number of pyridine rings is 1. The van der Waals surface area contributed by atoms with Gasteiger partial charge in [0.15, 0.2) is 0 Å². The number of anilines is 2. The van der Waals surface area contributed by atoms with Crippen LogP contribution < -0.4 is 5.32 Å². The van der Waals surface area contributed by atoms with Gasteiger partial charge in [-0.3, -0.25) is 4.98 Å². The number of fused-ring (bicyclic) bond motifs is 2. The van der Waals surface area contributed by atoms with Gasteiger partial charge in [-0.2, -0.15) is 0 Å². The van der Waals surface area contributed by atoms with Crippen LogP contribution in [0, 0.1) is 0 Å². The summed E-state index contributed by atoms with van der Waals surface area (Å²) in [6.45, 7) is 0. The normalized spacial score (nSPS) is 12.8. The Kier molecular flexibility index (Phi) is 4.23. The van der Waals surface area contributed by atoms with Crippen molar-refractivity contribution < 1.29 is 0 Å². The van der Waals surface area contributed by atoms with E-state index in [-0.39, 0.29) is 12.4 Å². The van der Waals surface area contributed by atoms with Crippen molar-refractivity contribution in [2.45, 2.75) is 19.3 Å². The molecule has 0 saturated carbocycles. The first-order chi connectivity index (χ1) is 10.3. The van der Waals surface area contributed by atoms with Crippen molar-refractivity contribution in [3.63, 3.8) is 0 Å². The number of hydrogen-bond donors (Lipinski definition) is 1. The SMILES string of the molecule is Cl.Clc1ccc(Nc2c3c(nc4ccccc24)CCC3)cc1. The Bertz CT molecular complexity index is 813. The van der Waals surface area contributed by atoms with Gasteiger partial charge in [0.25, 0.3) is 0 Å². The van der Waals surface area contributed by atoms with E-state index in [0.29, 0.717) is 0 Å². The molecule has 0 unspecified atom stereocenters. The second-order valence-corrected chi connectivity index (χ2v) is 5.85. The fraction of sp³-hybridized carbons (Fsp3) is 0.167. The summed E-state index contributed by atoms with van der Waals surface area (Å²) in [5, 5.41) is 5.52. The summed E-state index contributed by atoms with van der Waals surface area (Å²) in [6.07, 6.45) is 3.37. The Hall–Kier alpha value is -1.77. The van der Waals surface area contributed by atoms with Crippen LogP contribution in [-0.2, 0) is 12.8 Å². The smallest absolute Gasteiger partial charge is 0.0726 e. The van der Waals surface area contributed by atoms with E-state index < -0.39 is 0 Å². The standard InChI is InChI=1S/C18H15ClN2.ClH/c19-12-8-10-13(11-9-12)20-18-14-4-1-2-6-16(14)21-17-7-3-5-15(17)18;/h1-2,4,6,8-11H,3,5,7H2,(H,20,21);1H. The fourth-order valence-electron chi connectivity index (χ4n) is 3.03. The molecule has 0 aliphatic heterocycles. The van der Waals surface area contributed by atoms with Gasteiger partial charge in [-0.1, -0.05) is 29.8 Å². The maximum atomic E-state index is 5.97. The molecule has 2 nitrogen and oxygen atoms in total. The van der Waals surface area contributed by atoms with Crippen molar-refractivity contribution in [3.05, 3.63) is 64.8 Å². The van der Waals surface area contributed by atoms with Crippen molar-refractivity contribution in [2.24, 2.45) is 0 Å². The van der Waals surface area contributed by atoms with E-state index in [0.717, 1.165) is 29.1 Å². The average molecular weight is 331 g/mol. The molecule has 4 heteroatoms. The number of rotatable bonds is 2. The number of aromatic nitrogens is 1. The molecule has 0 atom stereocenters. The van der Waals surface area contributed by atoms with E-state index in [1.165, 1.54) is 28.8 Å². The number of nitrogens with zero attached hydrogens (tertiary/aromatic N) is 1. The largest absolute Gasteiger partial charge is 0.355 e. The predicted molar refractivity (Wildman–Crippen MR) is 95.8 cm³/mol. The van der Waals surface area contributed by atoms with Crippen LogP contribution in [0.25, 0.3) is 10.9 Å². The van der Waals surface area contributed by atoms with Crippen molar-refractivity contribution in [3.8, 4) is 0 Å². The summed E-state index contributed by atoms with van der Waals surface area (Å²) >= 11 is 5.97. The van der Waals surface area contributed by atoms with Gasteiger partial charge in [0.1, 0.15) is 0 Å². The maximum absolute atomic E-state index is 5.97. The second-order valence-electron chi connectivity index (χ2n) is 5.41. The summed E-state index contributed by atoms with van der Waals surface area (Å²) in [6, 6.07) is 16.2. The minimum Gasteiger partial charge on any atom is -0.355 e. The minimum absolute atomic E-state index is 0. The second kappa shape index (κ2) is 6.15. The molecule has 1 aliphatic carbocycles. The molecule has 0 saturated heterocycles. The van der Waals surface area contributed by atoms with E-state index in [1.807, 2.05) is 30.3 Å². The van der Waals surface area contributed by atoms with Gasteiger partial charge < -0.3 is 5.32 Å². The van der Waals surface area contributed by atoms with Gasteiger partial charge >= 0.3 is 0 Å². The van der Waals surface area contributed by atoms with Crippen LogP contribution in [0.15, 0.2) is 48.5 Å². The van der Waals surface area contributed by atoms with Gasteiger partial charge in [-0.25, -0.2) is 0 Å². The minimum atomic E-state index is 0. The lowest BCUT2D eigenvalue weighted by molar-refractivity contribution is 0.901. The molecular weight excluding hydrogens is 315 g/mol. The van der Waals surface area contributed by atoms with E-state index in [1.54, 1.807) is 0 Å². The highest BCUT2D eigenvalue weighted by atomic mass is 35.5. The van der Waals surface area contributed by atoms with E-state index in [4.69, 9.17) is 16.6 Å². The number of benzene rings is 2. The van der Waals surface area contributed by atoms with E-state index in [9.17, 15) is 0 Å². The lowest BCUT2D eigenvalue weighted by atomic mass is 10.1. The van der Waals surface area contributed by atoms with Gasteiger partial charge in [0.2, 0.25) is 0 Å². The summed E-state index contributed by atoms with van der Waals surface area (Å²) in [5.41, 5.74) is 5.93. The summed E-state index contributed by atoms with van der Waals surface area (Å²) in [7, 11) is 0. The first-order valence-corrected chi connectivity index (χ1v) is 7.62. The Balaban J connectivity index is 0.00000144. The Labute approximate surface area is 140 Å². The molecule has 0 fully saturated rings. The lowest BCUT2D eigenvalue weighted by Gasteiger charge is -2.14. The van der Waals surface area contributed by atoms with E-state index >= 15 is 0 Å². The number of nitrogens with one attached hydrogen (secondary N) is 1. The van der Waals surface area contributed by atoms with Crippen LogP contribution in [0.1, 0.15) is 17.7 Å². The van der Waals surface area contributed by atoms with Gasteiger partial charge in [0, 0.05) is 21.8 Å². The highest BCUT2D eigenvalue weighted by molar-refractivity contribution is 6.30. The van der Waals surface area contributed by atoms with Crippen molar-refractivity contribution >= 4 is 46.3 Å². The molecular formula is C18H16Cl2N2. The van der Waals surface area contributed by atoms with Crippen LogP contribution in [-0.4, -0.2) is 4.98 Å². The van der Waals surface area contributed by atoms with Crippen LogP contribution in [0.2, 0.25) is 5.02 Å². The first-order valence-electron chi connectivity index (χ1n) is 7.24. The zero-order valence-corrected chi connectivity index (χ0v) is 13.5. The third-order valence-corrected chi connectivity index (χ3v) is 4.28. The molecule has 0 bridgehead atoms. The molecule has 0 amide bonds. The molecule has 1 N–H and O–H groups in total. The maximum Gasteiger partial charge on any atom is 0.0726 e. The quantitative estimate of drug-likeness (QED) is 0.667. The average Bonchev–Trinajstić information content (AvgIpc) is 2.97. The molecule has 1 aromatic heterocycles. The van der Waals surface area contributed by atoms with Crippen LogP contribution in [0.3, 0.4) is 0 Å². The first kappa shape index (κ1) is 15.1. The molecule has 0 radical (unpaired) electrons. The van der Waals surface area contributed by atoms with Crippen molar-refractivity contribution in [2.75, 3.05) is 5.32 Å². The van der Waals surface area contributed by atoms with Gasteiger partial charge in [-0.05, 0) is 55.2 Å². The Morgan fingerprint density at radius 2 is 1.73 bits per heavy atom. The number of hydrogen-bond acceptors (Lipinski definition) is 2. The topological polar surface area (TPSA) is 24.9 Å². The third-order valence-electron chi connectivity index (χ3n) is 4.03. The molecule has 1 aliphatic rings. The highest BCUT2D eigenvalue weighted by Gasteiger charge is 2.19. The Morgan fingerprint density at radius 3 is 2.55 bits per heavy atom. The van der Waals surface area contributed by atoms with Crippen LogP contribution >= 0.6 is 24.0 Å². The van der Waals surface area contributed by atoms with Gasteiger partial charge in [-0.15, -0.1) is 12.4 Å². The fourth-order valence-corrected chi connectivity index (χ4v) is 3.16. The molecule has 22 heavy (non-hydrogen) atoms. The third kappa shape index (κ3) is 2.65. The highest BCUT2D eigenvalue weighted by Crippen LogP contribution is 2.35. The Morgan fingerprint density at radius 1 is 0.955 bits per heavy atom. The number of halogens is 2. The number of para-hydroxylation sites is 1. The van der Waals surface area contributed by atoms with Crippen molar-refractivity contribution in [1.82, 2.24) is 4.98 Å². The summed E-state index contributed by atoms with van der Waals surface area (Å²) in [4.78, 5) is 4.81. The van der Waals surface area contributed by atoms with Gasteiger partial charge in [0.05, 0.1) is 11.2 Å². The molecule has 0 spiro atoms. The van der Waals surface area contributed by atoms with Crippen LogP contribution in [0.4, 0.5) is 11.4 Å². The lowest BCUT2D eigenvalue weighted by Crippen LogP contribution is -1.99. The van der Waals surface area contributed by atoms with Crippen molar-refractivity contribution in [1.29, 1.82) is 0 Å². The number of aryl methyl sites for hydroxylation is 1. The summed E-state index contributed by atoms with van der Waals surface area (Å²) < 4.78 is 0. The molecule has 112 valence electrons. The van der Waals surface area contributed by atoms with Crippen LogP contribution in [0.5, 0.6) is 0 Å². The molecule has 1 heterocycles. The zero-order chi connectivity index (χ0) is 14.2. The summed E-state index contributed by atoms with van der Waals surface area (Å²) in [5.74, 6) is 0. The molecule has 3 aromatic rings.